The van der Waals surface area contributed by atoms with Crippen molar-refractivity contribution in [2.75, 3.05) is 19.6 Å². The second-order valence-electron chi connectivity index (χ2n) is 6.63. The molecule has 2 atom stereocenters. The van der Waals surface area contributed by atoms with Gasteiger partial charge in [0.15, 0.2) is 0 Å². The largest absolute Gasteiger partial charge is 0.392 e. The first-order chi connectivity index (χ1) is 10.1. The summed E-state index contributed by atoms with van der Waals surface area (Å²) in [5.74, 6) is 0.754. The molecule has 1 heterocycles. The molecule has 0 radical (unpaired) electrons. The van der Waals surface area contributed by atoms with E-state index in [1.165, 1.54) is 31.5 Å². The second-order valence-corrected chi connectivity index (χ2v) is 6.63. The first-order valence-corrected chi connectivity index (χ1v) is 8.27. The molecule has 21 heavy (non-hydrogen) atoms. The zero-order chi connectivity index (χ0) is 15.2. The molecule has 1 aliphatic rings. The highest BCUT2D eigenvalue weighted by molar-refractivity contribution is 5.25. The first kappa shape index (κ1) is 16.5. The molecule has 1 aliphatic heterocycles. The van der Waals surface area contributed by atoms with Crippen molar-refractivity contribution < 1.29 is 5.11 Å². The minimum absolute atomic E-state index is 0.118. The Morgan fingerprint density at radius 1 is 1.33 bits per heavy atom. The van der Waals surface area contributed by atoms with E-state index < -0.39 is 0 Å². The second kappa shape index (κ2) is 7.92. The Morgan fingerprint density at radius 3 is 2.86 bits per heavy atom. The number of likely N-dealkylation sites (tertiary alicyclic amines) is 1. The third kappa shape index (κ3) is 4.80. The van der Waals surface area contributed by atoms with Crippen molar-refractivity contribution in [2.45, 2.75) is 52.3 Å². The summed E-state index contributed by atoms with van der Waals surface area (Å²) in [6.07, 6.45) is 2.65. The van der Waals surface area contributed by atoms with Gasteiger partial charge in [-0.1, -0.05) is 24.3 Å². The molecule has 1 fully saturated rings. The molecule has 0 saturated carbocycles. The number of nitrogens with zero attached hydrogens (tertiary/aromatic N) is 1. The number of aliphatic hydroxyl groups is 1. The van der Waals surface area contributed by atoms with E-state index in [0.717, 1.165) is 18.0 Å². The van der Waals surface area contributed by atoms with Crippen LogP contribution in [0.2, 0.25) is 0 Å². The molecule has 0 aromatic heterocycles. The van der Waals surface area contributed by atoms with E-state index in [-0.39, 0.29) is 6.61 Å². The van der Waals surface area contributed by atoms with Crippen LogP contribution in [0.15, 0.2) is 24.3 Å². The maximum absolute atomic E-state index is 9.23. The van der Waals surface area contributed by atoms with E-state index in [2.05, 4.69) is 43.1 Å². The summed E-state index contributed by atoms with van der Waals surface area (Å²) in [6.45, 7) is 10.5. The van der Waals surface area contributed by atoms with E-state index in [9.17, 15) is 5.11 Å². The van der Waals surface area contributed by atoms with Gasteiger partial charge in [0.2, 0.25) is 0 Å². The van der Waals surface area contributed by atoms with Crippen molar-refractivity contribution in [1.29, 1.82) is 0 Å². The molecule has 118 valence electrons. The molecule has 0 aliphatic carbocycles. The number of rotatable bonds is 6. The van der Waals surface area contributed by atoms with Crippen molar-refractivity contribution in [3.05, 3.63) is 35.4 Å². The molecular weight excluding hydrogens is 260 g/mol. The van der Waals surface area contributed by atoms with Gasteiger partial charge in [0, 0.05) is 18.6 Å². The number of benzene rings is 1. The van der Waals surface area contributed by atoms with Gasteiger partial charge in [-0.05, 0) is 63.7 Å². The average molecular weight is 290 g/mol. The minimum atomic E-state index is 0.118. The van der Waals surface area contributed by atoms with Gasteiger partial charge >= 0.3 is 0 Å². The molecule has 0 amide bonds. The molecule has 0 bridgehead atoms. The highest BCUT2D eigenvalue weighted by Crippen LogP contribution is 2.20. The van der Waals surface area contributed by atoms with Crippen molar-refractivity contribution >= 4 is 0 Å². The molecule has 3 heteroatoms. The topological polar surface area (TPSA) is 35.5 Å². The summed E-state index contributed by atoms with van der Waals surface area (Å²) in [5.41, 5.74) is 2.25. The van der Waals surface area contributed by atoms with Gasteiger partial charge in [-0.3, -0.25) is 0 Å². The fourth-order valence-corrected chi connectivity index (χ4v) is 3.16. The molecule has 3 nitrogen and oxygen atoms in total. The summed E-state index contributed by atoms with van der Waals surface area (Å²) in [6, 6.07) is 9.23. The number of hydrogen-bond donors (Lipinski definition) is 2. The lowest BCUT2D eigenvalue weighted by Gasteiger charge is -2.36. The van der Waals surface area contributed by atoms with Crippen molar-refractivity contribution in [1.82, 2.24) is 10.2 Å². The average Bonchev–Trinajstić information content (AvgIpc) is 2.53. The first-order valence-electron chi connectivity index (χ1n) is 8.27. The normalized spacial score (nSPS) is 21.7. The zero-order valence-electron chi connectivity index (χ0n) is 13.7. The molecule has 1 aromatic rings. The Labute approximate surface area is 129 Å². The van der Waals surface area contributed by atoms with Gasteiger partial charge in [0.25, 0.3) is 0 Å². The van der Waals surface area contributed by atoms with Crippen LogP contribution in [0.3, 0.4) is 0 Å². The van der Waals surface area contributed by atoms with Crippen LogP contribution in [0.1, 0.15) is 50.8 Å². The standard InChI is InChI=1S/C18H30N2O/c1-14(2)20-9-5-7-17(12-20)11-19-15(3)18-8-4-6-16(10-18)13-21/h4,6,8,10,14-15,17,19,21H,5,7,9,11-13H2,1-3H3. The molecular formula is C18H30N2O. The summed E-state index contributed by atoms with van der Waals surface area (Å²) < 4.78 is 0. The zero-order valence-corrected chi connectivity index (χ0v) is 13.7. The van der Waals surface area contributed by atoms with Gasteiger partial charge in [0.05, 0.1) is 6.61 Å². The SMILES string of the molecule is CC(NCC1CCCN(C(C)C)C1)c1cccc(CO)c1. The Morgan fingerprint density at radius 2 is 2.14 bits per heavy atom. The molecule has 0 spiro atoms. The van der Waals surface area contributed by atoms with Crippen LogP contribution in [-0.4, -0.2) is 35.7 Å². The minimum Gasteiger partial charge on any atom is -0.392 e. The van der Waals surface area contributed by atoms with Crippen LogP contribution < -0.4 is 5.32 Å². The Balaban J connectivity index is 1.84. The summed E-state index contributed by atoms with van der Waals surface area (Å²) in [5, 5.41) is 12.9. The summed E-state index contributed by atoms with van der Waals surface area (Å²) in [4.78, 5) is 2.59. The third-order valence-electron chi connectivity index (χ3n) is 4.63. The lowest BCUT2D eigenvalue weighted by atomic mass is 9.96. The number of piperidine rings is 1. The van der Waals surface area contributed by atoms with E-state index in [1.807, 2.05) is 12.1 Å². The fourth-order valence-electron chi connectivity index (χ4n) is 3.16. The van der Waals surface area contributed by atoms with Crippen LogP contribution in [0, 0.1) is 5.92 Å². The van der Waals surface area contributed by atoms with Crippen LogP contribution in [-0.2, 0) is 6.61 Å². The van der Waals surface area contributed by atoms with Crippen molar-refractivity contribution in [2.24, 2.45) is 5.92 Å². The number of hydrogen-bond acceptors (Lipinski definition) is 3. The van der Waals surface area contributed by atoms with E-state index in [0.29, 0.717) is 12.1 Å². The van der Waals surface area contributed by atoms with Crippen LogP contribution >= 0.6 is 0 Å². The fraction of sp³-hybridized carbons (Fsp3) is 0.667. The third-order valence-corrected chi connectivity index (χ3v) is 4.63. The predicted octanol–water partition coefficient (Wildman–Crippen LogP) is 2.95. The van der Waals surface area contributed by atoms with Crippen molar-refractivity contribution in [3.63, 3.8) is 0 Å². The maximum atomic E-state index is 9.23. The lowest BCUT2D eigenvalue weighted by Crippen LogP contribution is -2.43. The van der Waals surface area contributed by atoms with Crippen molar-refractivity contribution in [3.8, 4) is 0 Å². The maximum Gasteiger partial charge on any atom is 0.0681 e. The Bertz CT molecular complexity index is 433. The Kier molecular flexibility index (Phi) is 6.22. The number of aliphatic hydroxyl groups excluding tert-OH is 1. The van der Waals surface area contributed by atoms with E-state index >= 15 is 0 Å². The molecule has 2 unspecified atom stereocenters. The molecule has 1 aromatic carbocycles. The van der Waals surface area contributed by atoms with Gasteiger partial charge in [-0.15, -0.1) is 0 Å². The van der Waals surface area contributed by atoms with Crippen LogP contribution in [0.4, 0.5) is 0 Å². The smallest absolute Gasteiger partial charge is 0.0681 e. The Hall–Kier alpha value is -0.900. The highest BCUT2D eigenvalue weighted by Gasteiger charge is 2.21. The van der Waals surface area contributed by atoms with Gasteiger partial charge in [0.1, 0.15) is 0 Å². The molecule has 2 rings (SSSR count). The van der Waals surface area contributed by atoms with Gasteiger partial charge in [-0.2, -0.15) is 0 Å². The molecule has 1 saturated heterocycles. The van der Waals surface area contributed by atoms with Gasteiger partial charge in [-0.25, -0.2) is 0 Å². The summed E-state index contributed by atoms with van der Waals surface area (Å²) >= 11 is 0. The van der Waals surface area contributed by atoms with Crippen LogP contribution in [0.25, 0.3) is 0 Å². The van der Waals surface area contributed by atoms with Crippen LogP contribution in [0.5, 0.6) is 0 Å². The summed E-state index contributed by atoms with van der Waals surface area (Å²) in [7, 11) is 0. The quantitative estimate of drug-likeness (QED) is 0.845. The highest BCUT2D eigenvalue weighted by atomic mass is 16.3. The molecule has 2 N–H and O–H groups in total. The van der Waals surface area contributed by atoms with E-state index in [4.69, 9.17) is 0 Å². The lowest BCUT2D eigenvalue weighted by molar-refractivity contribution is 0.137. The monoisotopic (exact) mass is 290 g/mol. The van der Waals surface area contributed by atoms with E-state index in [1.54, 1.807) is 0 Å². The predicted molar refractivity (Wildman–Crippen MR) is 88.2 cm³/mol. The van der Waals surface area contributed by atoms with Gasteiger partial charge < -0.3 is 15.3 Å². The number of nitrogens with one attached hydrogen (secondary N) is 1.